The fraction of sp³-hybridized carbons (Fsp3) is 0.0909. The number of ether oxygens (including phenoxy) is 1. The van der Waals surface area contributed by atoms with Crippen molar-refractivity contribution in [2.75, 3.05) is 0 Å². The van der Waals surface area contributed by atoms with Crippen molar-refractivity contribution in [2.45, 2.75) is 6.92 Å². The Labute approximate surface area is 82.0 Å². The van der Waals surface area contributed by atoms with Crippen LogP contribution in [0, 0.1) is 0 Å². The van der Waals surface area contributed by atoms with Crippen LogP contribution in [0.15, 0.2) is 36.4 Å². The average Bonchev–Trinajstić information content (AvgIpc) is 2.19. The first-order valence-corrected chi connectivity index (χ1v) is 3.99. The van der Waals surface area contributed by atoms with Crippen LogP contribution in [0.2, 0.25) is 0 Å². The summed E-state index contributed by atoms with van der Waals surface area (Å²) in [5, 5.41) is 0. The van der Waals surface area contributed by atoms with Gasteiger partial charge in [-0.3, -0.25) is 4.79 Å². The van der Waals surface area contributed by atoms with Crippen molar-refractivity contribution in [1.29, 1.82) is 0 Å². The second-order valence-electron chi connectivity index (χ2n) is 2.80. The number of rotatable bonds is 3. The van der Waals surface area contributed by atoms with Gasteiger partial charge in [0.05, 0.1) is 0 Å². The molecule has 0 N–H and O–H groups in total. The van der Waals surface area contributed by atoms with Gasteiger partial charge >= 0.3 is 5.97 Å². The van der Waals surface area contributed by atoms with Crippen LogP contribution in [-0.2, 0) is 9.59 Å². The smallest absolute Gasteiger partial charge is 0.338 e. The molecule has 0 spiro atoms. The van der Waals surface area contributed by atoms with Gasteiger partial charge in [-0.15, -0.1) is 0 Å². The predicted molar refractivity (Wildman–Crippen MR) is 51.7 cm³/mol. The summed E-state index contributed by atoms with van der Waals surface area (Å²) >= 11 is 0. The molecule has 1 rings (SSSR count). The molecule has 3 heteroatoms. The maximum absolute atomic E-state index is 11.1. The van der Waals surface area contributed by atoms with Crippen LogP contribution in [0.25, 0.3) is 0 Å². The first-order chi connectivity index (χ1) is 6.63. The van der Waals surface area contributed by atoms with Gasteiger partial charge in [-0.2, -0.15) is 0 Å². The van der Waals surface area contributed by atoms with Crippen LogP contribution in [0.5, 0.6) is 5.75 Å². The van der Waals surface area contributed by atoms with E-state index < -0.39 is 5.97 Å². The van der Waals surface area contributed by atoms with Gasteiger partial charge in [-0.1, -0.05) is 6.58 Å². The Bertz CT molecular complexity index is 363. The molecule has 0 heterocycles. The zero-order valence-corrected chi connectivity index (χ0v) is 7.74. The summed E-state index contributed by atoms with van der Waals surface area (Å²) in [4.78, 5) is 21.3. The van der Waals surface area contributed by atoms with E-state index in [0.717, 1.165) is 0 Å². The summed E-state index contributed by atoms with van der Waals surface area (Å²) in [5.74, 6) is -0.0927. The van der Waals surface area contributed by atoms with E-state index in [1.165, 1.54) is 24.3 Å². The molecular formula is C11H9O3. The van der Waals surface area contributed by atoms with Gasteiger partial charge < -0.3 is 4.74 Å². The number of carbonyl (C=O) groups is 1. The summed E-state index contributed by atoms with van der Waals surface area (Å²) in [6.07, 6.45) is 1.72. The average molecular weight is 189 g/mol. The van der Waals surface area contributed by atoms with E-state index in [1.54, 1.807) is 13.2 Å². The van der Waals surface area contributed by atoms with Crippen LogP contribution in [0.3, 0.4) is 0 Å². The second kappa shape index (κ2) is 4.37. The molecule has 0 aromatic heterocycles. The lowest BCUT2D eigenvalue weighted by atomic mass is 10.2. The SMILES string of the molecule is C=C(C)C(=O)Oc1ccc([C]=O)cc1. The van der Waals surface area contributed by atoms with Crippen LogP contribution < -0.4 is 4.74 Å². The third-order valence-electron chi connectivity index (χ3n) is 1.53. The fourth-order valence-electron chi connectivity index (χ4n) is 0.785. The number of hydrogen-bond donors (Lipinski definition) is 0. The molecular weight excluding hydrogens is 180 g/mol. The highest BCUT2D eigenvalue weighted by Gasteiger charge is 2.04. The first kappa shape index (κ1) is 10.2. The van der Waals surface area contributed by atoms with Gasteiger partial charge in [0.1, 0.15) is 5.75 Å². The molecule has 1 aromatic rings. The lowest BCUT2D eigenvalue weighted by Crippen LogP contribution is -2.07. The predicted octanol–water partition coefficient (Wildman–Crippen LogP) is 1.63. The Morgan fingerprint density at radius 1 is 1.36 bits per heavy atom. The van der Waals surface area contributed by atoms with Crippen molar-refractivity contribution < 1.29 is 14.3 Å². The van der Waals surface area contributed by atoms with Gasteiger partial charge in [0.15, 0.2) is 0 Å². The van der Waals surface area contributed by atoms with Crippen molar-refractivity contribution in [1.82, 2.24) is 0 Å². The van der Waals surface area contributed by atoms with Gasteiger partial charge in [0, 0.05) is 11.1 Å². The van der Waals surface area contributed by atoms with E-state index >= 15 is 0 Å². The summed E-state index contributed by atoms with van der Waals surface area (Å²) in [6.45, 7) is 5.01. The topological polar surface area (TPSA) is 43.4 Å². The third-order valence-corrected chi connectivity index (χ3v) is 1.53. The van der Waals surface area contributed by atoms with Crippen molar-refractivity contribution in [3.05, 3.63) is 42.0 Å². The Kier molecular flexibility index (Phi) is 3.18. The minimum absolute atomic E-state index is 0.330. The maximum Gasteiger partial charge on any atom is 0.338 e. The lowest BCUT2D eigenvalue weighted by molar-refractivity contribution is -0.130. The monoisotopic (exact) mass is 189 g/mol. The van der Waals surface area contributed by atoms with Crippen LogP contribution >= 0.6 is 0 Å². The normalized spacial score (nSPS) is 9.21. The minimum Gasteiger partial charge on any atom is -0.423 e. The molecule has 0 fully saturated rings. The van der Waals surface area contributed by atoms with Crippen molar-refractivity contribution in [3.63, 3.8) is 0 Å². The zero-order chi connectivity index (χ0) is 10.6. The van der Waals surface area contributed by atoms with E-state index in [-0.39, 0.29) is 0 Å². The Balaban J connectivity index is 2.73. The second-order valence-corrected chi connectivity index (χ2v) is 2.80. The van der Waals surface area contributed by atoms with E-state index in [9.17, 15) is 9.59 Å². The molecule has 0 amide bonds. The molecule has 3 nitrogen and oxygen atoms in total. The molecule has 0 atom stereocenters. The van der Waals surface area contributed by atoms with Crippen molar-refractivity contribution >= 4 is 12.3 Å². The summed E-state index contributed by atoms with van der Waals surface area (Å²) in [5.41, 5.74) is 0.746. The van der Waals surface area contributed by atoms with Crippen LogP contribution in [0.4, 0.5) is 0 Å². The molecule has 71 valence electrons. The highest BCUT2D eigenvalue weighted by molar-refractivity contribution is 5.88. The fourth-order valence-corrected chi connectivity index (χ4v) is 0.785. The summed E-state index contributed by atoms with van der Waals surface area (Å²) in [7, 11) is 0. The van der Waals surface area contributed by atoms with E-state index in [2.05, 4.69) is 6.58 Å². The van der Waals surface area contributed by atoms with Crippen LogP contribution in [0.1, 0.15) is 12.5 Å². The highest BCUT2D eigenvalue weighted by atomic mass is 16.5. The Morgan fingerprint density at radius 2 is 1.93 bits per heavy atom. The number of esters is 1. The third kappa shape index (κ3) is 2.55. The molecule has 0 saturated heterocycles. The van der Waals surface area contributed by atoms with Crippen molar-refractivity contribution in [2.24, 2.45) is 0 Å². The molecule has 14 heavy (non-hydrogen) atoms. The van der Waals surface area contributed by atoms with Gasteiger partial charge in [-0.05, 0) is 31.2 Å². The summed E-state index contributed by atoms with van der Waals surface area (Å²) in [6, 6.07) is 6.10. The number of hydrogen-bond acceptors (Lipinski definition) is 3. The lowest BCUT2D eigenvalue weighted by Gasteiger charge is -2.02. The highest BCUT2D eigenvalue weighted by Crippen LogP contribution is 2.12. The molecule has 0 aliphatic rings. The summed E-state index contributed by atoms with van der Waals surface area (Å²) < 4.78 is 4.91. The largest absolute Gasteiger partial charge is 0.423 e. The molecule has 0 unspecified atom stereocenters. The van der Waals surface area contributed by atoms with Crippen molar-refractivity contribution in [3.8, 4) is 5.75 Å². The molecule has 0 bridgehead atoms. The molecule has 0 saturated carbocycles. The number of benzene rings is 1. The first-order valence-electron chi connectivity index (χ1n) is 3.99. The zero-order valence-electron chi connectivity index (χ0n) is 7.74. The Hall–Kier alpha value is -1.90. The van der Waals surface area contributed by atoms with E-state index in [4.69, 9.17) is 4.74 Å². The standard InChI is InChI=1S/C11H9O3/c1-8(2)11(13)14-10-5-3-9(7-12)4-6-10/h3-6H,1H2,2H3. The number of carbonyl (C=O) groups excluding carboxylic acids is 2. The maximum atomic E-state index is 11.1. The molecule has 1 radical (unpaired) electrons. The minimum atomic E-state index is -0.479. The molecule has 0 aliphatic heterocycles. The van der Waals surface area contributed by atoms with Gasteiger partial charge in [0.2, 0.25) is 6.29 Å². The Morgan fingerprint density at radius 3 is 2.36 bits per heavy atom. The van der Waals surface area contributed by atoms with Crippen LogP contribution in [-0.4, -0.2) is 12.3 Å². The van der Waals surface area contributed by atoms with Gasteiger partial charge in [0.25, 0.3) is 0 Å². The van der Waals surface area contributed by atoms with E-state index in [0.29, 0.717) is 16.9 Å². The van der Waals surface area contributed by atoms with E-state index in [1.807, 2.05) is 0 Å². The quantitative estimate of drug-likeness (QED) is 0.412. The molecule has 1 aromatic carbocycles. The van der Waals surface area contributed by atoms with Gasteiger partial charge in [-0.25, -0.2) is 4.79 Å². The molecule has 0 aliphatic carbocycles.